The number of aromatic nitrogens is 3. The molecule has 2 aromatic carbocycles. The number of aryl methyl sites for hydroxylation is 2. The molecule has 0 spiro atoms. The number of piperazine rings is 1. The molecule has 1 saturated heterocycles. The minimum atomic E-state index is -1.92. The second kappa shape index (κ2) is 11.0. The van der Waals surface area contributed by atoms with E-state index in [1.165, 1.54) is 6.07 Å². The number of anilines is 1. The summed E-state index contributed by atoms with van der Waals surface area (Å²) in [5.41, 5.74) is 1.83. The number of halogens is 2. The molecule has 1 unspecified atom stereocenters. The second-order valence-electron chi connectivity index (χ2n) is 8.18. The summed E-state index contributed by atoms with van der Waals surface area (Å²) in [6.45, 7) is 6.67. The zero-order valence-electron chi connectivity index (χ0n) is 19.1. The average Bonchev–Trinajstić information content (AvgIpc) is 3.21. The van der Waals surface area contributed by atoms with Crippen LogP contribution in [0.4, 0.5) is 5.69 Å². The van der Waals surface area contributed by atoms with Gasteiger partial charge in [0.1, 0.15) is 11.6 Å². The monoisotopic (exact) mass is 521 g/mol. The fourth-order valence-electron chi connectivity index (χ4n) is 4.00. The zero-order valence-corrected chi connectivity index (χ0v) is 21.5. The van der Waals surface area contributed by atoms with E-state index in [1.54, 1.807) is 6.07 Å². The molecule has 0 aliphatic carbocycles. The molecular weight excluding hydrogens is 495 g/mol. The van der Waals surface area contributed by atoms with Crippen molar-refractivity contribution in [3.63, 3.8) is 0 Å². The van der Waals surface area contributed by atoms with E-state index in [0.717, 1.165) is 37.7 Å². The van der Waals surface area contributed by atoms with Crippen molar-refractivity contribution in [2.24, 2.45) is 0 Å². The first kappa shape index (κ1) is 24.9. The van der Waals surface area contributed by atoms with Gasteiger partial charge in [-0.25, -0.2) is 0 Å². The molecule has 0 radical (unpaired) electrons. The van der Waals surface area contributed by atoms with E-state index in [0.29, 0.717) is 46.6 Å². The average molecular weight is 522 g/mol. The van der Waals surface area contributed by atoms with Crippen molar-refractivity contribution in [3.05, 3.63) is 63.0 Å². The predicted molar refractivity (Wildman–Crippen MR) is 137 cm³/mol. The fourth-order valence-corrected chi connectivity index (χ4v) is 5.03. The van der Waals surface area contributed by atoms with Gasteiger partial charge in [-0.1, -0.05) is 34.4 Å². The highest BCUT2D eigenvalue weighted by atomic mass is 35.5. The van der Waals surface area contributed by atoms with E-state index in [2.05, 4.69) is 33.1 Å². The van der Waals surface area contributed by atoms with Crippen LogP contribution in [0.15, 0.2) is 41.3 Å². The van der Waals surface area contributed by atoms with Gasteiger partial charge in [-0.2, -0.15) is 0 Å². The lowest BCUT2D eigenvalue weighted by Crippen LogP contribution is -2.44. The molecule has 0 bridgehead atoms. The number of nitrogens with zero attached hydrogens (tertiary/aromatic N) is 5. The normalized spacial score (nSPS) is 15.5. The van der Waals surface area contributed by atoms with Crippen LogP contribution < -0.4 is 9.64 Å². The quantitative estimate of drug-likeness (QED) is 0.414. The number of hydrogen-bond acceptors (Lipinski definition) is 6. The van der Waals surface area contributed by atoms with E-state index in [9.17, 15) is 4.21 Å². The van der Waals surface area contributed by atoms with Gasteiger partial charge in [0.25, 0.3) is 0 Å². The van der Waals surface area contributed by atoms with Gasteiger partial charge in [-0.15, -0.1) is 5.10 Å². The highest BCUT2D eigenvalue weighted by Gasteiger charge is 2.17. The molecule has 1 atom stereocenters. The first-order valence-corrected chi connectivity index (χ1v) is 13.0. The van der Waals surface area contributed by atoms with E-state index in [1.807, 2.05) is 29.7 Å². The standard InChI is InChI=1S/C23H27Cl2N6O2S/c1-3-31-22(8-7-16-13-19(24)20(25)15-21(16)34(26)32)27-28-23(31)33-18-6-4-5-17(14-18)30-11-9-29(2)10-12-30/h4-6,13-15,26H,3,7-12H2,1-2H3/q-1. The number of likely N-dealkylation sites (N-methyl/N-ethyl adjacent to an activating group) is 1. The topological polar surface area (TPSA) is 87.3 Å². The van der Waals surface area contributed by atoms with E-state index in [-0.39, 0.29) is 5.02 Å². The van der Waals surface area contributed by atoms with Crippen LogP contribution in [0.1, 0.15) is 18.3 Å². The molecule has 182 valence electrons. The third-order valence-corrected chi connectivity index (χ3v) is 7.43. The lowest BCUT2D eigenvalue weighted by molar-refractivity contribution is 0.312. The Hall–Kier alpha value is -2.17. The SMILES string of the molecule is CCn1c(CCc2cc(Cl)c(Cl)cc2S([NH-])=O)nnc1Oc1cccc(N2CCN(C)CC2)c1. The summed E-state index contributed by atoms with van der Waals surface area (Å²) in [6.07, 6.45) is 1.02. The second-order valence-corrected chi connectivity index (χ2v) is 9.97. The number of nitrogens with one attached hydrogen (secondary N) is 1. The Balaban J connectivity index is 1.49. The van der Waals surface area contributed by atoms with Crippen molar-refractivity contribution in [1.82, 2.24) is 19.7 Å². The molecule has 0 amide bonds. The maximum Gasteiger partial charge on any atom is 0.322 e. The van der Waals surface area contributed by atoms with Gasteiger partial charge in [-0.3, -0.25) is 8.78 Å². The molecule has 0 saturated carbocycles. The molecule has 1 aliphatic rings. The largest absolute Gasteiger partial charge is 0.587 e. The van der Waals surface area contributed by atoms with Crippen molar-refractivity contribution in [3.8, 4) is 11.8 Å². The minimum absolute atomic E-state index is 0.284. The van der Waals surface area contributed by atoms with Crippen molar-refractivity contribution >= 4 is 39.9 Å². The molecule has 2 heterocycles. The van der Waals surface area contributed by atoms with Gasteiger partial charge in [0.2, 0.25) is 0 Å². The highest BCUT2D eigenvalue weighted by Crippen LogP contribution is 2.30. The molecule has 3 aromatic rings. The van der Waals surface area contributed by atoms with Crippen LogP contribution >= 0.6 is 23.2 Å². The third kappa shape index (κ3) is 5.72. The van der Waals surface area contributed by atoms with Gasteiger partial charge in [0, 0.05) is 55.8 Å². The molecule has 1 aromatic heterocycles. The lowest BCUT2D eigenvalue weighted by atomic mass is 10.1. The summed E-state index contributed by atoms with van der Waals surface area (Å²) in [5.74, 6) is 1.45. The summed E-state index contributed by atoms with van der Waals surface area (Å²) in [5, 5.41) is 16.9. The van der Waals surface area contributed by atoms with Crippen LogP contribution in [0, 0.1) is 0 Å². The molecule has 11 heteroatoms. The Morgan fingerprint density at radius 3 is 2.50 bits per heavy atom. The first-order valence-electron chi connectivity index (χ1n) is 11.1. The van der Waals surface area contributed by atoms with Gasteiger partial charge < -0.3 is 19.7 Å². The summed E-state index contributed by atoms with van der Waals surface area (Å²) >= 11 is 12.2. The van der Waals surface area contributed by atoms with Crippen LogP contribution in [0.25, 0.3) is 5.14 Å². The lowest BCUT2D eigenvalue weighted by Gasteiger charge is -2.34. The summed E-state index contributed by atoms with van der Waals surface area (Å²) < 4.78 is 19.9. The maximum absolute atomic E-state index is 11.8. The Morgan fingerprint density at radius 1 is 1.06 bits per heavy atom. The van der Waals surface area contributed by atoms with Gasteiger partial charge in [0.15, 0.2) is 0 Å². The van der Waals surface area contributed by atoms with Crippen molar-refractivity contribution in [2.45, 2.75) is 31.2 Å². The van der Waals surface area contributed by atoms with Crippen molar-refractivity contribution < 1.29 is 8.95 Å². The Kier molecular flexibility index (Phi) is 8.10. The fraction of sp³-hybridized carbons (Fsp3) is 0.391. The van der Waals surface area contributed by atoms with E-state index in [4.69, 9.17) is 33.1 Å². The van der Waals surface area contributed by atoms with Gasteiger partial charge in [-0.05, 0) is 61.2 Å². The maximum atomic E-state index is 11.8. The van der Waals surface area contributed by atoms with Gasteiger partial charge >= 0.3 is 6.01 Å². The van der Waals surface area contributed by atoms with Crippen molar-refractivity contribution in [1.29, 1.82) is 0 Å². The molecule has 1 N–H and O–H groups in total. The summed E-state index contributed by atoms with van der Waals surface area (Å²) in [7, 11) is 0.220. The summed E-state index contributed by atoms with van der Waals surface area (Å²) in [4.78, 5) is 5.03. The Labute approximate surface area is 212 Å². The molecule has 4 rings (SSSR count). The van der Waals surface area contributed by atoms with E-state index >= 15 is 0 Å². The molecule has 1 aliphatic heterocycles. The van der Waals surface area contributed by atoms with Crippen LogP contribution in [0.2, 0.25) is 10.0 Å². The first-order chi connectivity index (χ1) is 16.4. The Morgan fingerprint density at radius 2 is 1.79 bits per heavy atom. The number of benzene rings is 2. The van der Waals surface area contributed by atoms with Gasteiger partial charge in [0.05, 0.1) is 10.0 Å². The molecule has 1 fully saturated rings. The predicted octanol–water partition coefficient (Wildman–Crippen LogP) is 5.01. The molecule has 8 nitrogen and oxygen atoms in total. The van der Waals surface area contributed by atoms with Crippen molar-refractivity contribution in [2.75, 3.05) is 38.1 Å². The zero-order chi connectivity index (χ0) is 24.2. The third-order valence-electron chi connectivity index (χ3n) is 5.93. The minimum Gasteiger partial charge on any atom is -0.587 e. The number of hydrogen-bond donors (Lipinski definition) is 0. The van der Waals surface area contributed by atoms with Crippen LogP contribution in [0.3, 0.4) is 0 Å². The van der Waals surface area contributed by atoms with Crippen LogP contribution in [-0.2, 0) is 30.4 Å². The number of ether oxygens (including phenoxy) is 1. The summed E-state index contributed by atoms with van der Waals surface area (Å²) in [6, 6.07) is 11.6. The van der Waals surface area contributed by atoms with Crippen LogP contribution in [-0.4, -0.2) is 57.1 Å². The highest BCUT2D eigenvalue weighted by molar-refractivity contribution is 7.86. The number of rotatable bonds is 8. The molecular formula is C23H27Cl2N6O2S-. The molecule has 34 heavy (non-hydrogen) atoms. The Bertz CT molecular complexity index is 1180. The van der Waals surface area contributed by atoms with Crippen LogP contribution in [0.5, 0.6) is 11.8 Å². The van der Waals surface area contributed by atoms with E-state index < -0.39 is 11.0 Å². The smallest absolute Gasteiger partial charge is 0.322 e.